The highest BCUT2D eigenvalue weighted by Crippen LogP contribution is 2.17. The van der Waals surface area contributed by atoms with Gasteiger partial charge >= 0.3 is 6.02 Å². The molecule has 0 aliphatic heterocycles. The monoisotopic (exact) mass is 158 g/mol. The average molecular weight is 158 g/mol. The number of rotatable bonds is 1. The first-order valence-electron chi connectivity index (χ1n) is 2.77. The van der Waals surface area contributed by atoms with Gasteiger partial charge in [0, 0.05) is 12.1 Å². The lowest BCUT2D eigenvalue weighted by Gasteiger charge is -2.01. The SMILES string of the molecule is NC(=[NH2+])On1c(O)ccc1O. The fraction of sp³-hybridized carbons (Fsp3) is 0. The number of hydrogen-bond acceptors (Lipinski definition) is 3. The van der Waals surface area contributed by atoms with Crippen molar-refractivity contribution < 1.29 is 20.5 Å². The molecule has 0 aliphatic rings. The lowest BCUT2D eigenvalue weighted by Crippen LogP contribution is -2.51. The van der Waals surface area contributed by atoms with Crippen LogP contribution in [0.25, 0.3) is 0 Å². The van der Waals surface area contributed by atoms with Crippen molar-refractivity contribution in [2.45, 2.75) is 0 Å². The van der Waals surface area contributed by atoms with Crippen molar-refractivity contribution in [3.63, 3.8) is 0 Å². The van der Waals surface area contributed by atoms with Gasteiger partial charge in [-0.15, -0.1) is 4.73 Å². The van der Waals surface area contributed by atoms with Crippen LogP contribution < -0.4 is 16.0 Å². The van der Waals surface area contributed by atoms with Crippen LogP contribution in [-0.2, 0) is 0 Å². The van der Waals surface area contributed by atoms with E-state index in [1.807, 2.05) is 0 Å². The molecular weight excluding hydrogens is 150 g/mol. The third kappa shape index (κ3) is 1.34. The number of aromatic nitrogens is 1. The summed E-state index contributed by atoms with van der Waals surface area (Å²) >= 11 is 0. The summed E-state index contributed by atoms with van der Waals surface area (Å²) < 4.78 is 0.690. The van der Waals surface area contributed by atoms with E-state index in [-0.39, 0.29) is 17.8 Å². The van der Waals surface area contributed by atoms with Gasteiger partial charge < -0.3 is 10.2 Å². The molecule has 6 heteroatoms. The zero-order chi connectivity index (χ0) is 8.43. The quantitative estimate of drug-likeness (QED) is 0.265. The summed E-state index contributed by atoms with van der Waals surface area (Å²) in [6.07, 6.45) is 0. The molecule has 0 spiro atoms. The van der Waals surface area contributed by atoms with E-state index in [0.29, 0.717) is 4.73 Å². The largest absolute Gasteiger partial charge is 0.492 e. The van der Waals surface area contributed by atoms with Gasteiger partial charge in [0.25, 0.3) is 0 Å². The van der Waals surface area contributed by atoms with Crippen LogP contribution in [0.2, 0.25) is 0 Å². The molecule has 0 radical (unpaired) electrons. The van der Waals surface area contributed by atoms with E-state index >= 15 is 0 Å². The zero-order valence-corrected chi connectivity index (χ0v) is 5.56. The summed E-state index contributed by atoms with van der Waals surface area (Å²) in [5, 5.41) is 22.8. The highest BCUT2D eigenvalue weighted by molar-refractivity contribution is 5.64. The van der Waals surface area contributed by atoms with E-state index in [0.717, 1.165) is 0 Å². The van der Waals surface area contributed by atoms with Crippen molar-refractivity contribution in [2.75, 3.05) is 0 Å². The van der Waals surface area contributed by atoms with Crippen LogP contribution in [0.3, 0.4) is 0 Å². The number of nitrogens with zero attached hydrogens (tertiary/aromatic N) is 1. The fourth-order valence-electron chi connectivity index (χ4n) is 0.601. The van der Waals surface area contributed by atoms with Gasteiger partial charge in [-0.1, -0.05) is 0 Å². The summed E-state index contributed by atoms with van der Waals surface area (Å²) in [7, 11) is 0. The predicted octanol–water partition coefficient (Wildman–Crippen LogP) is -2.60. The van der Waals surface area contributed by atoms with Gasteiger partial charge in [-0.3, -0.25) is 16.0 Å². The fourth-order valence-corrected chi connectivity index (χ4v) is 0.601. The van der Waals surface area contributed by atoms with Crippen molar-refractivity contribution in [3.05, 3.63) is 12.1 Å². The zero-order valence-electron chi connectivity index (χ0n) is 5.56. The number of amidine groups is 1. The van der Waals surface area contributed by atoms with Crippen LogP contribution in [0.5, 0.6) is 11.8 Å². The van der Waals surface area contributed by atoms with Crippen LogP contribution >= 0.6 is 0 Å². The lowest BCUT2D eigenvalue weighted by molar-refractivity contribution is -0.144. The molecular formula is C5H8N3O3+. The van der Waals surface area contributed by atoms with Crippen LogP contribution in [0.15, 0.2) is 12.1 Å². The third-order valence-electron chi connectivity index (χ3n) is 0.994. The molecule has 0 amide bonds. The van der Waals surface area contributed by atoms with E-state index in [4.69, 9.17) is 21.4 Å². The molecule has 1 rings (SSSR count). The van der Waals surface area contributed by atoms with E-state index in [1.54, 1.807) is 0 Å². The Morgan fingerprint density at radius 3 is 2.27 bits per heavy atom. The molecule has 0 aliphatic carbocycles. The number of nitrogens with two attached hydrogens (primary N) is 2. The Hall–Kier alpha value is -1.85. The predicted molar refractivity (Wildman–Crippen MR) is 35.5 cm³/mol. The minimum absolute atomic E-state index is 0.282. The Morgan fingerprint density at radius 2 is 1.91 bits per heavy atom. The van der Waals surface area contributed by atoms with Crippen LogP contribution in [-0.4, -0.2) is 21.0 Å². The number of hydrogen-bond donors (Lipinski definition) is 4. The Bertz CT molecular complexity index is 261. The summed E-state index contributed by atoms with van der Waals surface area (Å²) in [5.74, 6) is -0.563. The maximum atomic E-state index is 8.93. The average Bonchev–Trinajstić information content (AvgIpc) is 2.18. The summed E-state index contributed by atoms with van der Waals surface area (Å²) in [6, 6.07) is 2.10. The highest BCUT2D eigenvalue weighted by Gasteiger charge is 2.08. The molecule has 1 aromatic heterocycles. The molecule has 0 atom stereocenters. The summed E-state index contributed by atoms with van der Waals surface area (Å²) in [4.78, 5) is 4.50. The summed E-state index contributed by atoms with van der Waals surface area (Å²) in [6.45, 7) is 0. The second kappa shape index (κ2) is 2.41. The molecule has 0 aromatic carbocycles. The van der Waals surface area contributed by atoms with Gasteiger partial charge in [0.2, 0.25) is 11.8 Å². The first kappa shape index (κ1) is 7.26. The van der Waals surface area contributed by atoms with Gasteiger partial charge in [-0.2, -0.15) is 0 Å². The van der Waals surface area contributed by atoms with Crippen molar-refractivity contribution in [2.24, 2.45) is 5.73 Å². The van der Waals surface area contributed by atoms with Gasteiger partial charge in [0.05, 0.1) is 0 Å². The second-order valence-corrected chi connectivity index (χ2v) is 1.84. The van der Waals surface area contributed by atoms with E-state index in [2.05, 4.69) is 4.84 Å². The second-order valence-electron chi connectivity index (χ2n) is 1.84. The Kier molecular flexibility index (Phi) is 1.59. The Labute approximate surface area is 61.9 Å². The minimum atomic E-state index is -0.369. The maximum absolute atomic E-state index is 8.93. The molecule has 0 bridgehead atoms. The van der Waals surface area contributed by atoms with Gasteiger partial charge in [0.15, 0.2) is 0 Å². The van der Waals surface area contributed by atoms with E-state index < -0.39 is 0 Å². The van der Waals surface area contributed by atoms with Crippen LogP contribution in [0.1, 0.15) is 0 Å². The lowest BCUT2D eigenvalue weighted by atomic mass is 10.6. The maximum Gasteiger partial charge on any atom is 0.462 e. The smallest absolute Gasteiger partial charge is 0.462 e. The molecule has 6 nitrogen and oxygen atoms in total. The summed E-state index contributed by atoms with van der Waals surface area (Å²) in [5.41, 5.74) is 4.95. The van der Waals surface area contributed by atoms with Crippen molar-refractivity contribution >= 4 is 6.02 Å². The molecule has 1 aromatic rings. The van der Waals surface area contributed by atoms with Crippen molar-refractivity contribution in [1.29, 1.82) is 0 Å². The topological polar surface area (TPSA) is 106 Å². The first-order valence-corrected chi connectivity index (χ1v) is 2.77. The van der Waals surface area contributed by atoms with Crippen LogP contribution in [0.4, 0.5) is 0 Å². The standard InChI is InChI=1S/C5H7N3O3/c6-5(7)11-8-3(9)1-2-4(8)10/h1-2,9-10H,(H3,6,7)/p+1. The van der Waals surface area contributed by atoms with E-state index in [9.17, 15) is 0 Å². The van der Waals surface area contributed by atoms with Crippen molar-refractivity contribution in [1.82, 2.24) is 4.73 Å². The van der Waals surface area contributed by atoms with Crippen LogP contribution in [0, 0.1) is 0 Å². The molecule has 0 saturated heterocycles. The molecule has 60 valence electrons. The number of aromatic hydroxyl groups is 2. The van der Waals surface area contributed by atoms with Gasteiger partial charge in [0.1, 0.15) is 0 Å². The normalized spacial score (nSPS) is 9.45. The molecule has 6 N–H and O–H groups in total. The Balaban J connectivity index is 2.92. The molecule has 0 fully saturated rings. The molecule has 11 heavy (non-hydrogen) atoms. The minimum Gasteiger partial charge on any atom is -0.492 e. The van der Waals surface area contributed by atoms with Crippen molar-refractivity contribution in [3.8, 4) is 11.8 Å². The highest BCUT2D eigenvalue weighted by atomic mass is 16.7. The third-order valence-corrected chi connectivity index (χ3v) is 0.994. The molecule has 0 saturated carbocycles. The van der Waals surface area contributed by atoms with Gasteiger partial charge in [-0.25, -0.2) is 0 Å². The molecule has 0 unspecified atom stereocenters. The Morgan fingerprint density at radius 1 is 1.45 bits per heavy atom. The van der Waals surface area contributed by atoms with E-state index in [1.165, 1.54) is 12.1 Å². The van der Waals surface area contributed by atoms with Gasteiger partial charge in [-0.05, 0) is 0 Å². The molecule has 1 heterocycles. The first-order chi connectivity index (χ1) is 5.11.